The van der Waals surface area contributed by atoms with Gasteiger partial charge >= 0.3 is 0 Å². The molecule has 1 atom stereocenters. The molecule has 2 fully saturated rings. The van der Waals surface area contributed by atoms with Gasteiger partial charge in [-0.05, 0) is 48.1 Å². The van der Waals surface area contributed by atoms with E-state index in [0.29, 0.717) is 5.88 Å². The quantitative estimate of drug-likeness (QED) is 0.675. The first-order valence-corrected chi connectivity index (χ1v) is 9.92. The number of ether oxygens (including phenoxy) is 2. The number of thioether (sulfide) groups is 1. The van der Waals surface area contributed by atoms with Crippen molar-refractivity contribution in [2.24, 2.45) is 0 Å². The standard InChI is InChI=1S/C16H20BrClO2S/c17-15-2-1-13(9-12(15)11-18)20-14-3-6-19-16(10-14)4-7-21-8-5-16/h1-2,9,14H,3-8,10-11H2. The smallest absolute Gasteiger partial charge is 0.120 e. The highest BCUT2D eigenvalue weighted by Crippen LogP contribution is 2.38. The van der Waals surface area contributed by atoms with Crippen molar-refractivity contribution in [2.45, 2.75) is 43.3 Å². The molecule has 1 aromatic rings. The van der Waals surface area contributed by atoms with Crippen LogP contribution in [-0.4, -0.2) is 29.8 Å². The van der Waals surface area contributed by atoms with Gasteiger partial charge in [0.05, 0.1) is 12.2 Å². The monoisotopic (exact) mass is 390 g/mol. The van der Waals surface area contributed by atoms with Crippen LogP contribution in [0.15, 0.2) is 22.7 Å². The Morgan fingerprint density at radius 3 is 2.95 bits per heavy atom. The van der Waals surface area contributed by atoms with Crippen molar-refractivity contribution in [1.82, 2.24) is 0 Å². The Balaban J connectivity index is 1.67. The van der Waals surface area contributed by atoms with E-state index in [0.717, 1.165) is 48.1 Å². The molecule has 2 heterocycles. The van der Waals surface area contributed by atoms with Crippen molar-refractivity contribution < 1.29 is 9.47 Å². The summed E-state index contributed by atoms with van der Waals surface area (Å²) < 4.78 is 13.4. The molecule has 2 aliphatic heterocycles. The van der Waals surface area contributed by atoms with Gasteiger partial charge in [-0.3, -0.25) is 0 Å². The molecule has 116 valence electrons. The van der Waals surface area contributed by atoms with Crippen molar-refractivity contribution >= 4 is 39.3 Å². The number of hydrogen-bond acceptors (Lipinski definition) is 3. The Bertz CT molecular complexity index is 486. The fourth-order valence-electron chi connectivity index (χ4n) is 3.09. The van der Waals surface area contributed by atoms with Crippen LogP contribution in [0.25, 0.3) is 0 Å². The molecular weight excluding hydrogens is 372 g/mol. The third kappa shape index (κ3) is 3.90. The van der Waals surface area contributed by atoms with Gasteiger partial charge in [0.1, 0.15) is 11.9 Å². The molecule has 2 saturated heterocycles. The summed E-state index contributed by atoms with van der Waals surface area (Å²) in [5.41, 5.74) is 1.14. The molecule has 0 radical (unpaired) electrons. The SMILES string of the molecule is ClCc1cc(OC2CCOC3(CCSCC3)C2)ccc1Br. The summed E-state index contributed by atoms with van der Waals surface area (Å²) in [6, 6.07) is 6.06. The van der Waals surface area contributed by atoms with Crippen LogP contribution < -0.4 is 4.74 Å². The van der Waals surface area contributed by atoms with Gasteiger partial charge in [-0.15, -0.1) is 11.6 Å². The summed E-state index contributed by atoms with van der Waals surface area (Å²) >= 11 is 11.5. The van der Waals surface area contributed by atoms with Crippen LogP contribution in [0, 0.1) is 0 Å². The Morgan fingerprint density at radius 1 is 1.38 bits per heavy atom. The second-order valence-corrected chi connectivity index (χ2v) is 8.11. The molecule has 2 nitrogen and oxygen atoms in total. The van der Waals surface area contributed by atoms with Crippen LogP contribution in [0.1, 0.15) is 31.2 Å². The lowest BCUT2D eigenvalue weighted by Crippen LogP contribution is -2.46. The van der Waals surface area contributed by atoms with Crippen LogP contribution in [-0.2, 0) is 10.6 Å². The summed E-state index contributed by atoms with van der Waals surface area (Å²) in [4.78, 5) is 0. The number of benzene rings is 1. The maximum Gasteiger partial charge on any atom is 0.120 e. The maximum atomic E-state index is 6.21. The van der Waals surface area contributed by atoms with E-state index < -0.39 is 0 Å². The lowest BCUT2D eigenvalue weighted by Gasteiger charge is -2.43. The van der Waals surface area contributed by atoms with Gasteiger partial charge < -0.3 is 9.47 Å². The second kappa shape index (κ2) is 7.12. The molecule has 2 aliphatic rings. The number of halogens is 2. The molecular formula is C16H20BrClO2S. The third-order valence-corrected chi connectivity index (χ3v) is 6.36. The first-order valence-electron chi connectivity index (χ1n) is 7.43. The van der Waals surface area contributed by atoms with Gasteiger partial charge in [0, 0.05) is 23.2 Å². The highest BCUT2D eigenvalue weighted by atomic mass is 79.9. The highest BCUT2D eigenvalue weighted by molar-refractivity contribution is 9.10. The lowest BCUT2D eigenvalue weighted by atomic mass is 9.86. The molecule has 0 saturated carbocycles. The first-order chi connectivity index (χ1) is 10.2. The van der Waals surface area contributed by atoms with Gasteiger partial charge in [-0.25, -0.2) is 0 Å². The average molecular weight is 392 g/mol. The van der Waals surface area contributed by atoms with Gasteiger partial charge in [0.25, 0.3) is 0 Å². The van der Waals surface area contributed by atoms with Gasteiger partial charge in [-0.2, -0.15) is 11.8 Å². The van der Waals surface area contributed by atoms with Crippen molar-refractivity contribution in [3.05, 3.63) is 28.2 Å². The highest BCUT2D eigenvalue weighted by Gasteiger charge is 2.39. The van der Waals surface area contributed by atoms with Crippen LogP contribution in [0.5, 0.6) is 5.75 Å². The Labute approximate surface area is 144 Å². The minimum atomic E-state index is 0.0683. The first kappa shape index (κ1) is 16.0. The maximum absolute atomic E-state index is 6.21. The van der Waals surface area contributed by atoms with Gasteiger partial charge in [0.15, 0.2) is 0 Å². The van der Waals surface area contributed by atoms with Crippen molar-refractivity contribution in [1.29, 1.82) is 0 Å². The molecule has 0 amide bonds. The fourth-order valence-corrected chi connectivity index (χ4v) is 5.10. The number of hydrogen-bond donors (Lipinski definition) is 0. The third-order valence-electron chi connectivity index (χ3n) is 4.32. The summed E-state index contributed by atoms with van der Waals surface area (Å²) in [5, 5.41) is 0. The van der Waals surface area contributed by atoms with Crippen LogP contribution >= 0.6 is 39.3 Å². The predicted octanol–water partition coefficient (Wildman–Crippen LogP) is 5.01. The molecule has 1 unspecified atom stereocenters. The van der Waals surface area contributed by atoms with Crippen LogP contribution in [0.4, 0.5) is 0 Å². The molecule has 0 N–H and O–H groups in total. The van der Waals surface area contributed by atoms with E-state index in [9.17, 15) is 0 Å². The van der Waals surface area contributed by atoms with Crippen LogP contribution in [0.3, 0.4) is 0 Å². The van der Waals surface area contributed by atoms with Gasteiger partial charge in [-0.1, -0.05) is 15.9 Å². The number of rotatable bonds is 3. The Morgan fingerprint density at radius 2 is 2.19 bits per heavy atom. The molecule has 0 bridgehead atoms. The van der Waals surface area contributed by atoms with Crippen molar-refractivity contribution in [3.63, 3.8) is 0 Å². The summed E-state index contributed by atoms with van der Waals surface area (Å²) in [5.74, 6) is 3.83. The predicted molar refractivity (Wildman–Crippen MR) is 92.6 cm³/mol. The molecule has 0 aliphatic carbocycles. The second-order valence-electron chi connectivity index (χ2n) is 5.76. The van der Waals surface area contributed by atoms with Crippen LogP contribution in [0.2, 0.25) is 0 Å². The summed E-state index contributed by atoms with van der Waals surface area (Å²) in [6.45, 7) is 0.814. The van der Waals surface area contributed by atoms with E-state index in [1.54, 1.807) is 0 Å². The lowest BCUT2D eigenvalue weighted by molar-refractivity contribution is -0.116. The molecule has 0 aromatic heterocycles. The van der Waals surface area contributed by atoms with Crippen molar-refractivity contribution in [2.75, 3.05) is 18.1 Å². The zero-order valence-corrected chi connectivity index (χ0v) is 15.1. The zero-order chi connectivity index (χ0) is 14.7. The minimum absolute atomic E-state index is 0.0683. The molecule has 5 heteroatoms. The molecule has 1 spiro atoms. The topological polar surface area (TPSA) is 18.5 Å². The average Bonchev–Trinajstić information content (AvgIpc) is 2.50. The zero-order valence-electron chi connectivity index (χ0n) is 11.9. The molecule has 21 heavy (non-hydrogen) atoms. The normalized spacial score (nSPS) is 25.0. The van der Waals surface area contributed by atoms with E-state index in [1.165, 1.54) is 11.5 Å². The minimum Gasteiger partial charge on any atom is -0.490 e. The van der Waals surface area contributed by atoms with Gasteiger partial charge in [0.2, 0.25) is 0 Å². The Kier molecular flexibility index (Phi) is 5.41. The summed E-state index contributed by atoms with van der Waals surface area (Å²) in [6.07, 6.45) is 4.56. The number of alkyl halides is 1. The fraction of sp³-hybridized carbons (Fsp3) is 0.625. The summed E-state index contributed by atoms with van der Waals surface area (Å²) in [7, 11) is 0. The van der Waals surface area contributed by atoms with Crippen molar-refractivity contribution in [3.8, 4) is 5.75 Å². The van der Waals surface area contributed by atoms with E-state index in [1.807, 2.05) is 30.0 Å². The molecule has 1 aromatic carbocycles. The van der Waals surface area contributed by atoms with E-state index in [2.05, 4.69) is 15.9 Å². The molecule has 3 rings (SSSR count). The van der Waals surface area contributed by atoms with E-state index in [4.69, 9.17) is 21.1 Å². The largest absolute Gasteiger partial charge is 0.490 e. The van der Waals surface area contributed by atoms with E-state index in [-0.39, 0.29) is 11.7 Å². The van der Waals surface area contributed by atoms with E-state index >= 15 is 0 Å². The Hall–Kier alpha value is 0.1000.